The maximum absolute atomic E-state index is 15.5. The predicted octanol–water partition coefficient (Wildman–Crippen LogP) is 3.68. The van der Waals surface area contributed by atoms with Crippen LogP contribution < -0.4 is 20.3 Å². The molecule has 8 heteroatoms. The molecule has 2 atom stereocenters. The molecule has 1 saturated heterocycles. The van der Waals surface area contributed by atoms with Crippen LogP contribution in [0.15, 0.2) is 48.5 Å². The van der Waals surface area contributed by atoms with Gasteiger partial charge in [-0.2, -0.15) is 0 Å². The van der Waals surface area contributed by atoms with Crippen LogP contribution in [-0.4, -0.2) is 50.1 Å². The smallest absolute Gasteiger partial charge is 0.316 e. The number of carbonyl (C=O) groups is 2. The second-order valence-corrected chi connectivity index (χ2v) is 9.29. The van der Waals surface area contributed by atoms with Crippen molar-refractivity contribution in [2.24, 2.45) is 17.6 Å². The lowest BCUT2D eigenvalue weighted by molar-refractivity contribution is -0.139. The number of benzene rings is 3. The van der Waals surface area contributed by atoms with Gasteiger partial charge in [0.2, 0.25) is 0 Å². The Morgan fingerprint density at radius 1 is 1.14 bits per heavy atom. The predicted molar refractivity (Wildman–Crippen MR) is 133 cm³/mol. The molecule has 7 nitrogen and oxygen atoms in total. The quantitative estimate of drug-likeness (QED) is 0.523. The van der Waals surface area contributed by atoms with Crippen molar-refractivity contribution < 1.29 is 23.8 Å². The molecule has 1 fully saturated rings. The molecule has 0 saturated carbocycles. The Hall–Kier alpha value is -3.65. The molecule has 0 radical (unpaired) electrons. The van der Waals surface area contributed by atoms with Crippen LogP contribution in [0.3, 0.4) is 0 Å². The fourth-order valence-corrected chi connectivity index (χ4v) is 5.30. The molecule has 35 heavy (non-hydrogen) atoms. The van der Waals surface area contributed by atoms with Gasteiger partial charge in [0.05, 0.1) is 12.8 Å². The van der Waals surface area contributed by atoms with Gasteiger partial charge in [-0.25, -0.2) is 4.39 Å². The van der Waals surface area contributed by atoms with E-state index < -0.39 is 23.5 Å². The van der Waals surface area contributed by atoms with Crippen molar-refractivity contribution in [3.8, 4) is 5.75 Å². The number of Topliss-reactive ketones (excluding diaryl/α,β-unsaturated/α-hetero) is 1. The lowest BCUT2D eigenvalue weighted by atomic mass is 9.89. The van der Waals surface area contributed by atoms with E-state index in [1.54, 1.807) is 0 Å². The molecule has 1 unspecified atom stereocenters. The fourth-order valence-electron chi connectivity index (χ4n) is 5.30. The molecule has 3 N–H and O–H groups in total. The number of methoxy groups -OCH3 is 1. The van der Waals surface area contributed by atoms with Gasteiger partial charge in [-0.05, 0) is 47.4 Å². The first-order valence-corrected chi connectivity index (χ1v) is 11.8. The summed E-state index contributed by atoms with van der Waals surface area (Å²) < 4.78 is 21.2. The van der Waals surface area contributed by atoms with Crippen LogP contribution in [0.2, 0.25) is 0 Å². The molecule has 2 heterocycles. The zero-order valence-corrected chi connectivity index (χ0v) is 19.5. The van der Waals surface area contributed by atoms with Gasteiger partial charge in [-0.15, -0.1) is 0 Å². The van der Waals surface area contributed by atoms with Gasteiger partial charge in [0, 0.05) is 31.7 Å². The average Bonchev–Trinajstić information content (AvgIpc) is 3.33. The number of ether oxygens (including phenoxy) is 1. The lowest BCUT2D eigenvalue weighted by Gasteiger charge is -2.36. The van der Waals surface area contributed by atoms with Crippen LogP contribution in [0.4, 0.5) is 15.8 Å². The van der Waals surface area contributed by atoms with Gasteiger partial charge in [0.25, 0.3) is 0 Å². The molecule has 3 aromatic rings. The summed E-state index contributed by atoms with van der Waals surface area (Å²) in [4.78, 5) is 28.8. The van der Waals surface area contributed by atoms with Gasteiger partial charge in [-0.1, -0.05) is 36.4 Å². The van der Waals surface area contributed by atoms with E-state index in [9.17, 15) is 14.7 Å². The molecule has 2 aliphatic rings. The number of ketones is 1. The third-order valence-corrected chi connectivity index (χ3v) is 7.11. The average molecular weight is 478 g/mol. The number of hydrogen-bond donors (Lipinski definition) is 2. The number of nitrogens with two attached hydrogens (primary N) is 1. The highest BCUT2D eigenvalue weighted by molar-refractivity contribution is 6.14. The fraction of sp³-hybridized carbons (Fsp3) is 0.333. The molecule has 0 aliphatic carbocycles. The van der Waals surface area contributed by atoms with Crippen molar-refractivity contribution in [2.75, 3.05) is 43.1 Å². The summed E-state index contributed by atoms with van der Waals surface area (Å²) in [6, 6.07) is 15.2. The molecule has 0 amide bonds. The minimum Gasteiger partial charge on any atom is -0.492 e. The molecular formula is C27H28FN3O4. The second kappa shape index (κ2) is 9.19. The number of carbonyl (C=O) groups excluding carboxylic acids is 1. The largest absolute Gasteiger partial charge is 0.492 e. The molecule has 0 bridgehead atoms. The second-order valence-electron chi connectivity index (χ2n) is 9.29. The number of anilines is 2. The van der Waals surface area contributed by atoms with E-state index in [1.165, 1.54) is 13.2 Å². The highest BCUT2D eigenvalue weighted by atomic mass is 19.1. The van der Waals surface area contributed by atoms with Crippen LogP contribution in [0.1, 0.15) is 22.3 Å². The highest BCUT2D eigenvalue weighted by Gasteiger charge is 2.41. The first-order chi connectivity index (χ1) is 16.9. The summed E-state index contributed by atoms with van der Waals surface area (Å²) in [7, 11) is 1.46. The minimum absolute atomic E-state index is 0.0269. The molecule has 3 aromatic carbocycles. The van der Waals surface area contributed by atoms with Crippen LogP contribution in [0, 0.1) is 17.7 Å². The number of nitrogens with zero attached hydrogens (tertiary/aromatic N) is 2. The van der Waals surface area contributed by atoms with Crippen molar-refractivity contribution >= 4 is 33.9 Å². The zero-order valence-electron chi connectivity index (χ0n) is 19.5. The standard InChI is InChI=1S/C27H28FN3O4/c1-35-26-23-20(11-22(28)24(26)30-9-8-17(12-29)14-30)25(32)21(27(33)34)15-31(23)13-16-6-7-18-4-2-3-5-19(18)10-16/h2-7,10-11,17,21H,8-9,12-15,29H2,1H3,(H,33,34)/t17-,21?/m0/s1. The monoisotopic (exact) mass is 477 g/mol. The Morgan fingerprint density at radius 2 is 1.91 bits per heavy atom. The summed E-state index contributed by atoms with van der Waals surface area (Å²) in [6.07, 6.45) is 0.844. The number of halogens is 1. The minimum atomic E-state index is -1.29. The Bertz CT molecular complexity index is 1310. The van der Waals surface area contributed by atoms with Crippen LogP contribution in [0.25, 0.3) is 10.8 Å². The van der Waals surface area contributed by atoms with Gasteiger partial charge in [0.15, 0.2) is 17.3 Å². The maximum Gasteiger partial charge on any atom is 0.316 e. The summed E-state index contributed by atoms with van der Waals surface area (Å²) >= 11 is 0. The van der Waals surface area contributed by atoms with E-state index in [2.05, 4.69) is 0 Å². The first kappa shape index (κ1) is 23.1. The number of carboxylic acids is 1. The Morgan fingerprint density at radius 3 is 2.60 bits per heavy atom. The van der Waals surface area contributed by atoms with Gasteiger partial charge in [0.1, 0.15) is 11.6 Å². The summed E-state index contributed by atoms with van der Waals surface area (Å²) in [5.74, 6) is -3.20. The van der Waals surface area contributed by atoms with Gasteiger partial charge < -0.3 is 25.4 Å². The van der Waals surface area contributed by atoms with E-state index >= 15 is 4.39 Å². The van der Waals surface area contributed by atoms with E-state index in [1.807, 2.05) is 52.3 Å². The number of fused-ring (bicyclic) bond motifs is 2. The van der Waals surface area contributed by atoms with E-state index in [0.29, 0.717) is 37.6 Å². The maximum atomic E-state index is 15.5. The number of aliphatic carboxylic acids is 1. The van der Waals surface area contributed by atoms with Crippen LogP contribution in [-0.2, 0) is 11.3 Å². The molecule has 2 aliphatic heterocycles. The molecule has 0 aromatic heterocycles. The van der Waals surface area contributed by atoms with Crippen LogP contribution in [0.5, 0.6) is 5.75 Å². The third kappa shape index (κ3) is 4.08. The van der Waals surface area contributed by atoms with Crippen molar-refractivity contribution in [3.05, 3.63) is 65.5 Å². The third-order valence-electron chi connectivity index (χ3n) is 7.11. The van der Waals surface area contributed by atoms with Crippen LogP contribution >= 0.6 is 0 Å². The van der Waals surface area contributed by atoms with Gasteiger partial charge in [-0.3, -0.25) is 9.59 Å². The SMILES string of the molecule is COc1c(N2CC[C@@H](CN)C2)c(F)cc2c1N(Cc1ccc3ccccc3c1)CC(C(=O)O)C2=O. The van der Waals surface area contributed by atoms with E-state index in [4.69, 9.17) is 10.5 Å². The number of carboxylic acid groups (broad SMARTS) is 1. The zero-order chi connectivity index (χ0) is 24.7. The van der Waals surface area contributed by atoms with Crippen molar-refractivity contribution in [2.45, 2.75) is 13.0 Å². The highest BCUT2D eigenvalue weighted by Crippen LogP contribution is 2.47. The van der Waals surface area contributed by atoms with E-state index in [-0.39, 0.29) is 23.8 Å². The number of rotatable bonds is 6. The number of hydrogen-bond acceptors (Lipinski definition) is 6. The summed E-state index contributed by atoms with van der Waals surface area (Å²) in [5.41, 5.74) is 7.57. The Labute approximate surface area is 202 Å². The summed E-state index contributed by atoms with van der Waals surface area (Å²) in [5, 5.41) is 11.9. The molecule has 5 rings (SSSR count). The topological polar surface area (TPSA) is 96.1 Å². The Kier molecular flexibility index (Phi) is 6.06. The Balaban J connectivity index is 1.62. The van der Waals surface area contributed by atoms with Crippen molar-refractivity contribution in [1.29, 1.82) is 0 Å². The van der Waals surface area contributed by atoms with Gasteiger partial charge >= 0.3 is 5.97 Å². The normalized spacial score (nSPS) is 19.8. The molecule has 0 spiro atoms. The first-order valence-electron chi connectivity index (χ1n) is 11.8. The van der Waals surface area contributed by atoms with Crippen molar-refractivity contribution in [3.63, 3.8) is 0 Å². The molecule has 182 valence electrons. The molecular weight excluding hydrogens is 449 g/mol. The summed E-state index contributed by atoms with van der Waals surface area (Å²) in [6.45, 7) is 2.06. The lowest BCUT2D eigenvalue weighted by Crippen LogP contribution is -2.43. The van der Waals surface area contributed by atoms with E-state index in [0.717, 1.165) is 22.8 Å². The van der Waals surface area contributed by atoms with Crippen molar-refractivity contribution in [1.82, 2.24) is 0 Å².